The van der Waals surface area contributed by atoms with Gasteiger partial charge in [-0.2, -0.15) is 5.26 Å². The highest BCUT2D eigenvalue weighted by atomic mass is 16.5. The van der Waals surface area contributed by atoms with Gasteiger partial charge < -0.3 is 9.64 Å². The zero-order valence-electron chi connectivity index (χ0n) is 12.3. The highest BCUT2D eigenvalue weighted by Crippen LogP contribution is 2.22. The smallest absolute Gasteiger partial charge is 0.137 e. The lowest BCUT2D eigenvalue weighted by atomic mass is 9.94. The molecule has 1 aromatic carbocycles. The first-order chi connectivity index (χ1) is 9.81. The van der Waals surface area contributed by atoms with Crippen LogP contribution in [0.5, 0.6) is 5.75 Å². The maximum atomic E-state index is 9.00. The van der Waals surface area contributed by atoms with Crippen molar-refractivity contribution in [1.29, 1.82) is 5.26 Å². The van der Waals surface area contributed by atoms with Crippen molar-refractivity contribution < 1.29 is 4.74 Å². The number of rotatable bonds is 6. The van der Waals surface area contributed by atoms with Crippen molar-refractivity contribution in [3.8, 4) is 11.8 Å². The normalized spacial score (nSPS) is 16.1. The monoisotopic (exact) mass is 272 g/mol. The van der Waals surface area contributed by atoms with Crippen LogP contribution in [0.1, 0.15) is 44.1 Å². The van der Waals surface area contributed by atoms with E-state index in [0.717, 1.165) is 19.0 Å². The molecular weight excluding hydrogens is 248 g/mol. The summed E-state index contributed by atoms with van der Waals surface area (Å²) in [7, 11) is 2.22. The summed E-state index contributed by atoms with van der Waals surface area (Å²) in [6.45, 7) is 1.75. The van der Waals surface area contributed by atoms with Gasteiger partial charge >= 0.3 is 0 Å². The fourth-order valence-corrected chi connectivity index (χ4v) is 2.89. The van der Waals surface area contributed by atoms with Gasteiger partial charge in [-0.1, -0.05) is 31.4 Å². The van der Waals surface area contributed by atoms with Gasteiger partial charge in [-0.05, 0) is 38.4 Å². The number of ether oxygens (including phenoxy) is 1. The van der Waals surface area contributed by atoms with Gasteiger partial charge in [0.2, 0.25) is 0 Å². The second-order valence-corrected chi connectivity index (χ2v) is 5.58. The van der Waals surface area contributed by atoms with Crippen LogP contribution in [0.15, 0.2) is 24.3 Å². The van der Waals surface area contributed by atoms with E-state index in [4.69, 9.17) is 10.00 Å². The Morgan fingerprint density at radius 2 is 2.00 bits per heavy atom. The number of nitriles is 1. The Bertz CT molecular complexity index is 447. The van der Waals surface area contributed by atoms with Crippen LogP contribution in [0, 0.1) is 11.3 Å². The van der Waals surface area contributed by atoms with E-state index in [9.17, 15) is 0 Å². The van der Waals surface area contributed by atoms with Gasteiger partial charge in [-0.25, -0.2) is 0 Å². The van der Waals surface area contributed by atoms with Gasteiger partial charge in [0.15, 0.2) is 0 Å². The first-order valence-electron chi connectivity index (χ1n) is 7.63. The van der Waals surface area contributed by atoms with Gasteiger partial charge in [0.05, 0.1) is 12.2 Å². The summed E-state index contributed by atoms with van der Waals surface area (Å²) in [5.74, 6) is 0.704. The van der Waals surface area contributed by atoms with E-state index in [0.29, 0.717) is 17.9 Å². The van der Waals surface area contributed by atoms with Crippen LogP contribution >= 0.6 is 0 Å². The van der Waals surface area contributed by atoms with Gasteiger partial charge in [-0.3, -0.25) is 0 Å². The Kier molecular flexibility index (Phi) is 5.88. The molecule has 1 aliphatic rings. The summed E-state index contributed by atoms with van der Waals surface area (Å²) in [5.41, 5.74) is 0.619. The average Bonchev–Trinajstić information content (AvgIpc) is 2.52. The van der Waals surface area contributed by atoms with E-state index >= 15 is 0 Å². The zero-order chi connectivity index (χ0) is 14.2. The highest BCUT2D eigenvalue weighted by molar-refractivity contribution is 5.42. The predicted molar refractivity (Wildman–Crippen MR) is 80.8 cm³/mol. The van der Waals surface area contributed by atoms with Crippen LogP contribution in [-0.4, -0.2) is 31.1 Å². The summed E-state index contributed by atoms with van der Waals surface area (Å²) in [5, 5.41) is 9.00. The molecule has 0 amide bonds. The molecule has 0 radical (unpaired) electrons. The zero-order valence-corrected chi connectivity index (χ0v) is 12.3. The summed E-state index contributed by atoms with van der Waals surface area (Å²) < 4.78 is 5.72. The van der Waals surface area contributed by atoms with Crippen molar-refractivity contribution in [2.45, 2.75) is 44.6 Å². The van der Waals surface area contributed by atoms with E-state index in [1.54, 1.807) is 6.07 Å². The van der Waals surface area contributed by atoms with Crippen LogP contribution in [0.3, 0.4) is 0 Å². The number of para-hydroxylation sites is 1. The second kappa shape index (κ2) is 7.91. The number of nitrogens with zero attached hydrogens (tertiary/aromatic N) is 2. The van der Waals surface area contributed by atoms with Crippen molar-refractivity contribution >= 4 is 0 Å². The van der Waals surface area contributed by atoms with Gasteiger partial charge in [0, 0.05) is 12.6 Å². The minimum atomic E-state index is 0.619. The summed E-state index contributed by atoms with van der Waals surface area (Å²) in [4.78, 5) is 2.47. The lowest BCUT2D eigenvalue weighted by molar-refractivity contribution is 0.177. The van der Waals surface area contributed by atoms with Crippen LogP contribution in [-0.2, 0) is 0 Å². The molecular formula is C17H24N2O. The molecule has 0 bridgehead atoms. The Morgan fingerprint density at radius 3 is 2.75 bits per heavy atom. The van der Waals surface area contributed by atoms with E-state index in [2.05, 4.69) is 18.0 Å². The first-order valence-corrected chi connectivity index (χ1v) is 7.63. The molecule has 0 saturated heterocycles. The average molecular weight is 272 g/mol. The fraction of sp³-hybridized carbons (Fsp3) is 0.588. The van der Waals surface area contributed by atoms with Crippen LogP contribution in [0.4, 0.5) is 0 Å². The van der Waals surface area contributed by atoms with Gasteiger partial charge in [0.25, 0.3) is 0 Å². The molecule has 1 fully saturated rings. The first kappa shape index (κ1) is 14.9. The molecule has 0 atom stereocenters. The highest BCUT2D eigenvalue weighted by Gasteiger charge is 2.17. The molecule has 20 heavy (non-hydrogen) atoms. The Hall–Kier alpha value is -1.53. The number of hydrogen-bond donors (Lipinski definition) is 0. The predicted octanol–water partition coefficient (Wildman–Crippen LogP) is 3.59. The quantitative estimate of drug-likeness (QED) is 0.742. The lowest BCUT2D eigenvalue weighted by Crippen LogP contribution is -2.34. The van der Waals surface area contributed by atoms with Crippen LogP contribution in [0.2, 0.25) is 0 Å². The van der Waals surface area contributed by atoms with E-state index in [-0.39, 0.29) is 0 Å². The second-order valence-electron chi connectivity index (χ2n) is 5.58. The molecule has 3 heteroatoms. The molecule has 0 unspecified atom stereocenters. The Labute approximate surface area is 122 Å². The lowest BCUT2D eigenvalue weighted by Gasteiger charge is -2.31. The minimum Gasteiger partial charge on any atom is -0.492 e. The van der Waals surface area contributed by atoms with Crippen molar-refractivity contribution in [2.24, 2.45) is 0 Å². The molecule has 2 rings (SSSR count). The summed E-state index contributed by atoms with van der Waals surface area (Å²) >= 11 is 0. The van der Waals surface area contributed by atoms with E-state index in [1.165, 1.54) is 32.1 Å². The van der Waals surface area contributed by atoms with Gasteiger partial charge in [-0.15, -0.1) is 0 Å². The number of benzene rings is 1. The molecule has 108 valence electrons. The summed E-state index contributed by atoms with van der Waals surface area (Å²) in [6.07, 6.45) is 7.84. The molecule has 0 spiro atoms. The van der Waals surface area contributed by atoms with Crippen LogP contribution < -0.4 is 4.74 Å². The molecule has 0 heterocycles. The van der Waals surface area contributed by atoms with E-state index in [1.807, 2.05) is 18.2 Å². The third-order valence-corrected chi connectivity index (χ3v) is 4.12. The molecule has 0 aromatic heterocycles. The minimum absolute atomic E-state index is 0.619. The molecule has 1 saturated carbocycles. The topological polar surface area (TPSA) is 36.3 Å². The molecule has 0 aliphatic heterocycles. The fourth-order valence-electron chi connectivity index (χ4n) is 2.89. The summed E-state index contributed by atoms with van der Waals surface area (Å²) in [6, 6.07) is 10.4. The third-order valence-electron chi connectivity index (χ3n) is 4.12. The molecule has 0 N–H and O–H groups in total. The Balaban J connectivity index is 1.69. The molecule has 3 nitrogen and oxygen atoms in total. The largest absolute Gasteiger partial charge is 0.492 e. The van der Waals surface area contributed by atoms with Crippen molar-refractivity contribution in [3.05, 3.63) is 29.8 Å². The standard InChI is InChI=1S/C17H24N2O/c1-19(16-9-3-2-4-10-16)12-7-13-20-17-11-6-5-8-15(17)14-18/h5-6,8,11,16H,2-4,7,9-10,12-13H2,1H3. The van der Waals surface area contributed by atoms with Crippen molar-refractivity contribution in [3.63, 3.8) is 0 Å². The number of hydrogen-bond acceptors (Lipinski definition) is 3. The molecule has 1 aromatic rings. The van der Waals surface area contributed by atoms with E-state index < -0.39 is 0 Å². The Morgan fingerprint density at radius 1 is 1.25 bits per heavy atom. The maximum absolute atomic E-state index is 9.00. The van der Waals surface area contributed by atoms with Crippen LogP contribution in [0.25, 0.3) is 0 Å². The van der Waals surface area contributed by atoms with Gasteiger partial charge in [0.1, 0.15) is 11.8 Å². The molecule has 1 aliphatic carbocycles. The maximum Gasteiger partial charge on any atom is 0.137 e. The van der Waals surface area contributed by atoms with Crippen molar-refractivity contribution in [1.82, 2.24) is 4.90 Å². The van der Waals surface area contributed by atoms with Crippen molar-refractivity contribution in [2.75, 3.05) is 20.2 Å². The third kappa shape index (κ3) is 4.25. The SMILES string of the molecule is CN(CCCOc1ccccc1C#N)C1CCCCC1.